The molecule has 0 saturated carbocycles. The van der Waals surface area contributed by atoms with Crippen molar-refractivity contribution in [2.24, 2.45) is 5.41 Å². The van der Waals surface area contributed by atoms with Gasteiger partial charge in [-0.25, -0.2) is 0 Å². The first-order chi connectivity index (χ1) is 16.4. The number of para-hydroxylation sites is 1. The van der Waals surface area contributed by atoms with E-state index in [1.165, 1.54) is 17.0 Å². The van der Waals surface area contributed by atoms with Gasteiger partial charge in [-0.3, -0.25) is 14.4 Å². The van der Waals surface area contributed by atoms with Crippen molar-refractivity contribution in [2.75, 3.05) is 38.9 Å². The zero-order valence-corrected chi connectivity index (χ0v) is 21.0. The van der Waals surface area contributed by atoms with Crippen molar-refractivity contribution in [1.82, 2.24) is 4.90 Å². The number of amides is 1. The van der Waals surface area contributed by atoms with E-state index in [1.54, 1.807) is 40.4 Å². The Morgan fingerprint density at radius 2 is 1.54 bits per heavy atom. The summed E-state index contributed by atoms with van der Waals surface area (Å²) in [5, 5.41) is 16.7. The van der Waals surface area contributed by atoms with Gasteiger partial charge in [0.15, 0.2) is 5.75 Å². The number of phenols is 1. The Morgan fingerprint density at radius 1 is 0.971 bits per heavy atom. The number of nitrogens with one attached hydrogen (secondary N) is 2. The molecule has 0 aliphatic heterocycles. The van der Waals surface area contributed by atoms with E-state index in [0.29, 0.717) is 11.5 Å². The number of benzene rings is 2. The lowest BCUT2D eigenvalue weighted by atomic mass is 9.81. The molecular formula is C26H31N3O6. The van der Waals surface area contributed by atoms with Crippen LogP contribution in [0.15, 0.2) is 46.0 Å². The van der Waals surface area contributed by atoms with Crippen LogP contribution in [0.3, 0.4) is 0 Å². The molecule has 9 nitrogen and oxygen atoms in total. The first-order valence-electron chi connectivity index (χ1n) is 11.0. The Kier molecular flexibility index (Phi) is 7.09. The van der Waals surface area contributed by atoms with Crippen molar-refractivity contribution in [1.29, 1.82) is 0 Å². The molecule has 1 atom stereocenters. The van der Waals surface area contributed by atoms with E-state index < -0.39 is 22.8 Å². The van der Waals surface area contributed by atoms with Crippen LogP contribution in [0.1, 0.15) is 42.7 Å². The SMILES string of the molecule is COc1cc(OC)cc(C(Nc2c(Nc3cccc(C(=O)N(C)C)c3O)c(=O)c2=O)C(C)(C)C)c1. The summed E-state index contributed by atoms with van der Waals surface area (Å²) in [6.07, 6.45) is 0. The standard InChI is InChI=1S/C26H31N3O6/c1-26(2,3)24(14-11-15(34-6)13-16(12-14)35-7)28-20-19(22(31)23(20)32)27-18-10-8-9-17(21(18)30)25(33)29(4)5/h8-13,24,27-28,30H,1-7H3. The zero-order chi connectivity index (χ0) is 26.1. The van der Waals surface area contributed by atoms with Gasteiger partial charge in [-0.2, -0.15) is 0 Å². The zero-order valence-electron chi connectivity index (χ0n) is 21.0. The summed E-state index contributed by atoms with van der Waals surface area (Å²) in [6, 6.07) is 9.62. The average Bonchev–Trinajstić information content (AvgIpc) is 2.82. The second kappa shape index (κ2) is 9.69. The van der Waals surface area contributed by atoms with Crippen LogP contribution in [0.2, 0.25) is 0 Å². The fourth-order valence-electron chi connectivity index (χ4n) is 3.78. The molecule has 0 heterocycles. The third-order valence-corrected chi connectivity index (χ3v) is 5.70. The molecule has 0 spiro atoms. The first kappa shape index (κ1) is 25.6. The Balaban J connectivity index is 2.01. The summed E-state index contributed by atoms with van der Waals surface area (Å²) in [7, 11) is 6.25. The molecule has 3 aromatic carbocycles. The minimum Gasteiger partial charge on any atom is -0.505 e. The number of carbonyl (C=O) groups excluding carboxylic acids is 1. The summed E-state index contributed by atoms with van der Waals surface area (Å²) >= 11 is 0. The highest BCUT2D eigenvalue weighted by Crippen LogP contribution is 2.40. The molecule has 0 bridgehead atoms. The van der Waals surface area contributed by atoms with Crippen LogP contribution in [0.5, 0.6) is 17.2 Å². The summed E-state index contributed by atoms with van der Waals surface area (Å²) in [5.74, 6) is 0.474. The molecule has 186 valence electrons. The van der Waals surface area contributed by atoms with Crippen LogP contribution in [-0.4, -0.2) is 44.2 Å². The molecule has 9 heteroatoms. The largest absolute Gasteiger partial charge is 0.505 e. The number of hydrogen-bond acceptors (Lipinski definition) is 8. The number of nitrogens with zero attached hydrogens (tertiary/aromatic N) is 1. The van der Waals surface area contributed by atoms with E-state index >= 15 is 0 Å². The summed E-state index contributed by atoms with van der Waals surface area (Å²) < 4.78 is 10.8. The molecule has 0 radical (unpaired) electrons. The van der Waals surface area contributed by atoms with Crippen molar-refractivity contribution in [2.45, 2.75) is 26.8 Å². The van der Waals surface area contributed by atoms with Crippen molar-refractivity contribution in [3.05, 3.63) is 68.0 Å². The molecule has 3 aromatic rings. The lowest BCUT2D eigenvalue weighted by Gasteiger charge is -2.34. The van der Waals surface area contributed by atoms with E-state index in [-0.39, 0.29) is 33.8 Å². The third-order valence-electron chi connectivity index (χ3n) is 5.70. The van der Waals surface area contributed by atoms with Gasteiger partial charge in [0.25, 0.3) is 16.8 Å². The number of phenolic OH excluding ortho intramolecular Hbond substituents is 1. The van der Waals surface area contributed by atoms with Gasteiger partial charge in [-0.05, 0) is 35.2 Å². The van der Waals surface area contributed by atoms with Crippen molar-refractivity contribution in [3.8, 4) is 17.2 Å². The van der Waals surface area contributed by atoms with Crippen LogP contribution >= 0.6 is 0 Å². The summed E-state index contributed by atoms with van der Waals surface area (Å²) in [5.41, 5.74) is -0.635. The summed E-state index contributed by atoms with van der Waals surface area (Å²) in [6.45, 7) is 5.99. The number of anilines is 3. The van der Waals surface area contributed by atoms with E-state index in [9.17, 15) is 19.5 Å². The summed E-state index contributed by atoms with van der Waals surface area (Å²) in [4.78, 5) is 38.7. The highest BCUT2D eigenvalue weighted by molar-refractivity contribution is 5.99. The van der Waals surface area contributed by atoms with Crippen LogP contribution in [0.4, 0.5) is 17.1 Å². The predicted molar refractivity (Wildman–Crippen MR) is 136 cm³/mol. The number of carbonyl (C=O) groups is 1. The highest BCUT2D eigenvalue weighted by Gasteiger charge is 2.32. The molecule has 0 aliphatic carbocycles. The smallest absolute Gasteiger partial charge is 0.257 e. The minimum atomic E-state index is -0.716. The van der Waals surface area contributed by atoms with Gasteiger partial charge in [-0.1, -0.05) is 26.8 Å². The second-order valence-electron chi connectivity index (χ2n) is 9.52. The quantitative estimate of drug-likeness (QED) is 0.330. The number of aromatic hydroxyl groups is 1. The molecule has 1 unspecified atom stereocenters. The lowest BCUT2D eigenvalue weighted by molar-refractivity contribution is 0.0824. The molecule has 3 N–H and O–H groups in total. The maximum Gasteiger partial charge on any atom is 0.257 e. The molecule has 3 rings (SSSR count). The molecular weight excluding hydrogens is 450 g/mol. The molecule has 0 saturated heterocycles. The van der Waals surface area contributed by atoms with Crippen molar-refractivity contribution >= 4 is 23.0 Å². The minimum absolute atomic E-state index is 0.0175. The van der Waals surface area contributed by atoms with Gasteiger partial charge in [0, 0.05) is 20.2 Å². The fourth-order valence-corrected chi connectivity index (χ4v) is 3.78. The number of methoxy groups -OCH3 is 2. The van der Waals surface area contributed by atoms with Gasteiger partial charge in [0.05, 0.1) is 31.5 Å². The Morgan fingerprint density at radius 3 is 2.06 bits per heavy atom. The van der Waals surface area contributed by atoms with Crippen molar-refractivity contribution < 1.29 is 19.4 Å². The number of rotatable bonds is 8. The molecule has 0 aromatic heterocycles. The van der Waals surface area contributed by atoms with Gasteiger partial charge in [-0.15, -0.1) is 0 Å². The van der Waals surface area contributed by atoms with Crippen molar-refractivity contribution in [3.63, 3.8) is 0 Å². The van der Waals surface area contributed by atoms with Crippen LogP contribution in [-0.2, 0) is 0 Å². The fraction of sp³-hybridized carbons (Fsp3) is 0.346. The molecule has 35 heavy (non-hydrogen) atoms. The van der Waals surface area contributed by atoms with E-state index in [1.807, 2.05) is 32.9 Å². The van der Waals surface area contributed by atoms with Gasteiger partial charge in [0.1, 0.15) is 22.9 Å². The first-order valence-corrected chi connectivity index (χ1v) is 11.0. The predicted octanol–water partition coefficient (Wildman–Crippen LogP) is 3.65. The third kappa shape index (κ3) is 5.08. The van der Waals surface area contributed by atoms with E-state index in [0.717, 1.165) is 5.56 Å². The molecule has 0 fully saturated rings. The Bertz CT molecular complexity index is 1290. The Labute approximate surface area is 204 Å². The Hall–Kier alpha value is -4.01. The second-order valence-corrected chi connectivity index (χ2v) is 9.52. The molecule has 1 amide bonds. The van der Waals surface area contributed by atoms with Crippen LogP contribution < -0.4 is 31.0 Å². The number of hydrogen-bond donors (Lipinski definition) is 3. The van der Waals surface area contributed by atoms with Gasteiger partial charge < -0.3 is 30.1 Å². The monoisotopic (exact) mass is 481 g/mol. The van der Waals surface area contributed by atoms with Crippen LogP contribution in [0, 0.1) is 5.41 Å². The van der Waals surface area contributed by atoms with Gasteiger partial charge >= 0.3 is 0 Å². The average molecular weight is 482 g/mol. The number of ether oxygens (including phenoxy) is 2. The normalized spacial score (nSPS) is 12.2. The highest BCUT2D eigenvalue weighted by atomic mass is 16.5. The topological polar surface area (TPSA) is 117 Å². The van der Waals surface area contributed by atoms with E-state index in [2.05, 4.69) is 10.6 Å². The maximum atomic E-state index is 12.6. The maximum absolute atomic E-state index is 12.6. The van der Waals surface area contributed by atoms with Crippen LogP contribution in [0.25, 0.3) is 0 Å². The lowest BCUT2D eigenvalue weighted by Crippen LogP contribution is -2.39. The van der Waals surface area contributed by atoms with E-state index in [4.69, 9.17) is 9.47 Å². The van der Waals surface area contributed by atoms with Gasteiger partial charge in [0.2, 0.25) is 0 Å². The molecule has 0 aliphatic rings.